The van der Waals surface area contributed by atoms with Gasteiger partial charge in [0.2, 0.25) is 0 Å². The summed E-state index contributed by atoms with van der Waals surface area (Å²) >= 11 is 0. The average Bonchev–Trinajstić information content (AvgIpc) is 3.69. The maximum atomic E-state index is 2.31. The molecule has 2 fully saturated rings. The molecule has 12 aliphatic carbocycles. The van der Waals surface area contributed by atoms with Gasteiger partial charge < -0.3 is 0 Å². The van der Waals surface area contributed by atoms with Crippen LogP contribution < -0.4 is 0 Å². The van der Waals surface area contributed by atoms with Gasteiger partial charge in [-0.05, 0) is 57.3 Å². The molecule has 0 aromatic heterocycles. The van der Waals surface area contributed by atoms with Crippen molar-refractivity contribution in [3.63, 3.8) is 0 Å². The molecule has 0 amide bonds. The van der Waals surface area contributed by atoms with Gasteiger partial charge in [-0.25, -0.2) is 0 Å². The molecule has 4 aromatic rings. The minimum atomic E-state index is 0. The van der Waals surface area contributed by atoms with Gasteiger partial charge in [-0.15, -0.1) is 0 Å². The first kappa shape index (κ1) is 30.2. The molecule has 10 radical (unpaired) electrons. The molecule has 2 saturated carbocycles. The Morgan fingerprint density at radius 3 is 0.894 bits per heavy atom. The molecule has 12 aliphatic rings. The van der Waals surface area contributed by atoms with Gasteiger partial charge >= 0.3 is 17.1 Å². The molecule has 4 aromatic carbocycles. The third kappa shape index (κ3) is 5.71. The first-order chi connectivity index (χ1) is 22.8. The molecule has 0 heterocycles. The Morgan fingerprint density at radius 2 is 0.553 bits per heavy atom. The zero-order valence-corrected chi connectivity index (χ0v) is 26.8. The summed E-state index contributed by atoms with van der Waals surface area (Å²) in [5, 5.41) is 0. The normalized spacial score (nSPS) is 21.4. The summed E-state index contributed by atoms with van der Waals surface area (Å²) in [5.41, 5.74) is 10.0. The Bertz CT molecular complexity index is 1750. The van der Waals surface area contributed by atoms with Gasteiger partial charge in [-0.3, -0.25) is 0 Å². The molecule has 0 saturated heterocycles. The Labute approximate surface area is 290 Å². The van der Waals surface area contributed by atoms with Crippen LogP contribution in [0.3, 0.4) is 0 Å². The Morgan fingerprint density at radius 1 is 0.255 bits per heavy atom. The van der Waals surface area contributed by atoms with Gasteiger partial charge in [-0.2, -0.15) is 0 Å². The standard InChI is InChI=1S/2C23H15.Fe/c2*1-2-4-21-20(3-1)15-22-18-11-7-16(8-12-18)5-6-17-9-13-19(14-10-17)23(21)22;/h2*1-15H;/q;;+2/b2*6-5-;. The van der Waals surface area contributed by atoms with Gasteiger partial charge in [0, 0.05) is 47.3 Å². The molecule has 47 heavy (non-hydrogen) atoms. The molecular weight excluding hydrogens is 608 g/mol. The van der Waals surface area contributed by atoms with Crippen molar-refractivity contribution in [2.24, 2.45) is 0 Å². The van der Waals surface area contributed by atoms with E-state index in [9.17, 15) is 0 Å². The second-order valence-corrected chi connectivity index (χ2v) is 12.2. The molecule has 220 valence electrons. The summed E-state index contributed by atoms with van der Waals surface area (Å²) < 4.78 is 0. The van der Waals surface area contributed by atoms with Crippen LogP contribution in [-0.4, -0.2) is 0 Å². The number of benzene rings is 4. The van der Waals surface area contributed by atoms with Crippen molar-refractivity contribution in [2.45, 2.75) is 0 Å². The van der Waals surface area contributed by atoms with Crippen LogP contribution in [0.1, 0.15) is 44.5 Å². The van der Waals surface area contributed by atoms with E-state index in [-0.39, 0.29) is 17.1 Å². The van der Waals surface area contributed by atoms with E-state index in [2.05, 4.69) is 183 Å². The van der Waals surface area contributed by atoms with Crippen molar-refractivity contribution in [2.75, 3.05) is 0 Å². The zero-order chi connectivity index (χ0) is 30.5. The van der Waals surface area contributed by atoms with Crippen LogP contribution in [0.25, 0.3) is 24.3 Å². The number of hydrogen-bond donors (Lipinski definition) is 0. The van der Waals surface area contributed by atoms with Crippen LogP contribution in [0.2, 0.25) is 0 Å². The van der Waals surface area contributed by atoms with Gasteiger partial charge in [-0.1, -0.05) is 170 Å². The van der Waals surface area contributed by atoms with E-state index in [0.717, 1.165) is 0 Å². The molecule has 0 spiro atoms. The maximum absolute atomic E-state index is 2.31. The number of hydrogen-bond acceptors (Lipinski definition) is 0. The fraction of sp³-hybridized carbons (Fsp3) is 0. The van der Waals surface area contributed by atoms with E-state index in [4.69, 9.17) is 0 Å². The third-order valence-electron chi connectivity index (χ3n) is 9.38. The third-order valence-corrected chi connectivity index (χ3v) is 9.38. The van der Waals surface area contributed by atoms with Crippen LogP contribution in [-0.2, 0) is 17.1 Å². The largest absolute Gasteiger partial charge is 2.00 e. The van der Waals surface area contributed by atoms with Crippen LogP contribution in [0.15, 0.2) is 146 Å². The van der Waals surface area contributed by atoms with Crippen molar-refractivity contribution in [1.29, 1.82) is 0 Å². The van der Waals surface area contributed by atoms with Crippen molar-refractivity contribution in [3.05, 3.63) is 250 Å². The Kier molecular flexibility index (Phi) is 8.22. The quantitative estimate of drug-likeness (QED) is 0.168. The molecule has 1 heteroatoms. The summed E-state index contributed by atoms with van der Waals surface area (Å²) in [5.74, 6) is 10.6. The summed E-state index contributed by atoms with van der Waals surface area (Å²) in [7, 11) is 0. The minimum absolute atomic E-state index is 0. The van der Waals surface area contributed by atoms with Crippen molar-refractivity contribution in [3.8, 4) is 0 Å². The maximum Gasteiger partial charge on any atom is 2.00 e. The van der Waals surface area contributed by atoms with Crippen molar-refractivity contribution >= 4 is 24.3 Å². The average molecular weight is 639 g/mol. The first-order valence-electron chi connectivity index (χ1n) is 15.9. The molecular formula is C46H30Fe+2. The molecule has 16 rings (SSSR count). The molecule has 0 atom stereocenters. The summed E-state index contributed by atoms with van der Waals surface area (Å²) in [6.07, 6.45) is 30.6. The summed E-state index contributed by atoms with van der Waals surface area (Å²) in [6, 6.07) is 35.4. The minimum Gasteiger partial charge on any atom is -0.0761 e. The SMILES string of the molecule is [CH]1[C]2C=CC=C[C]2[C]2[C]1c1ccc(cc1)/C=C\c1ccc2cc1.[CH]1[C]2C=CC=C[C]2[C]2[C]1c1ccc(cc1)/C=C\c1ccc2cc1.[Fe+2]. The Balaban J connectivity index is 0.000000135. The van der Waals surface area contributed by atoms with E-state index >= 15 is 0 Å². The smallest absolute Gasteiger partial charge is 0.0761 e. The fourth-order valence-corrected chi connectivity index (χ4v) is 6.98. The monoisotopic (exact) mass is 638 g/mol. The number of fused-ring (bicyclic) bond motifs is 2. The van der Waals surface area contributed by atoms with E-state index in [1.807, 2.05) is 0 Å². The molecule has 0 aliphatic heterocycles. The molecule has 0 nitrogen and oxygen atoms in total. The summed E-state index contributed by atoms with van der Waals surface area (Å²) in [6.45, 7) is 0. The first-order valence-corrected chi connectivity index (χ1v) is 15.9. The van der Waals surface area contributed by atoms with Crippen LogP contribution in [0.4, 0.5) is 0 Å². The van der Waals surface area contributed by atoms with Crippen LogP contribution in [0, 0.1) is 60.2 Å². The van der Waals surface area contributed by atoms with Gasteiger partial charge in [0.05, 0.1) is 0 Å². The summed E-state index contributed by atoms with van der Waals surface area (Å²) in [4.78, 5) is 0. The Hall–Kier alpha value is -4.16. The fourth-order valence-electron chi connectivity index (χ4n) is 6.98. The predicted molar refractivity (Wildman–Crippen MR) is 191 cm³/mol. The molecule has 8 bridgehead atoms. The van der Waals surface area contributed by atoms with E-state index in [1.165, 1.54) is 91.9 Å². The van der Waals surface area contributed by atoms with E-state index < -0.39 is 0 Å². The van der Waals surface area contributed by atoms with E-state index in [1.54, 1.807) is 0 Å². The predicted octanol–water partition coefficient (Wildman–Crippen LogP) is 10.4. The number of allylic oxidation sites excluding steroid dienone is 8. The van der Waals surface area contributed by atoms with Crippen molar-refractivity contribution in [1.82, 2.24) is 0 Å². The zero-order valence-electron chi connectivity index (χ0n) is 25.7. The van der Waals surface area contributed by atoms with Gasteiger partial charge in [0.1, 0.15) is 0 Å². The van der Waals surface area contributed by atoms with E-state index in [0.29, 0.717) is 0 Å². The van der Waals surface area contributed by atoms with Crippen molar-refractivity contribution < 1.29 is 17.1 Å². The second-order valence-electron chi connectivity index (χ2n) is 12.2. The topological polar surface area (TPSA) is 0 Å². The second kappa shape index (κ2) is 12.8. The van der Waals surface area contributed by atoms with Crippen LogP contribution in [0.5, 0.6) is 0 Å². The molecule has 0 unspecified atom stereocenters. The van der Waals surface area contributed by atoms with Gasteiger partial charge in [0.15, 0.2) is 0 Å². The number of rotatable bonds is 0. The van der Waals surface area contributed by atoms with Gasteiger partial charge in [0.25, 0.3) is 0 Å². The molecule has 0 N–H and O–H groups in total. The van der Waals surface area contributed by atoms with Crippen LogP contribution >= 0.6 is 0 Å².